The van der Waals surface area contributed by atoms with Crippen molar-refractivity contribution in [1.82, 2.24) is 4.98 Å². The molecule has 1 unspecified atom stereocenters. The number of aliphatic hydroxyl groups excluding tert-OH is 1. The zero-order valence-corrected chi connectivity index (χ0v) is 11.3. The number of aromatic carboxylic acids is 1. The SMILES string of the molecule is CC(CCO)CNc1cc(C(=O)O)nc2ccccc12. The van der Waals surface area contributed by atoms with Crippen LogP contribution in [-0.4, -0.2) is 34.3 Å². The van der Waals surface area contributed by atoms with Gasteiger partial charge >= 0.3 is 5.97 Å². The van der Waals surface area contributed by atoms with Crippen molar-refractivity contribution in [1.29, 1.82) is 0 Å². The maximum atomic E-state index is 11.1. The van der Waals surface area contributed by atoms with Gasteiger partial charge in [0, 0.05) is 24.2 Å². The summed E-state index contributed by atoms with van der Waals surface area (Å²) in [6.07, 6.45) is 0.710. The number of carbonyl (C=O) groups is 1. The normalized spacial score (nSPS) is 12.3. The maximum Gasteiger partial charge on any atom is 0.354 e. The molecular weight excluding hydrogens is 256 g/mol. The largest absolute Gasteiger partial charge is 0.477 e. The lowest BCUT2D eigenvalue weighted by Crippen LogP contribution is -2.13. The number of nitrogens with zero attached hydrogens (tertiary/aromatic N) is 1. The van der Waals surface area contributed by atoms with E-state index in [0.717, 1.165) is 11.1 Å². The molecule has 1 aromatic heterocycles. The van der Waals surface area contributed by atoms with Crippen LogP contribution in [-0.2, 0) is 0 Å². The summed E-state index contributed by atoms with van der Waals surface area (Å²) in [6, 6.07) is 8.99. The first-order valence-corrected chi connectivity index (χ1v) is 6.59. The van der Waals surface area contributed by atoms with Crippen LogP contribution in [0.25, 0.3) is 10.9 Å². The monoisotopic (exact) mass is 274 g/mol. The van der Waals surface area contributed by atoms with E-state index in [0.29, 0.717) is 24.4 Å². The summed E-state index contributed by atoms with van der Waals surface area (Å²) in [4.78, 5) is 15.2. The molecule has 0 spiro atoms. The van der Waals surface area contributed by atoms with Crippen LogP contribution in [0.5, 0.6) is 0 Å². The first kappa shape index (κ1) is 14.3. The Morgan fingerprint density at radius 2 is 2.15 bits per heavy atom. The minimum atomic E-state index is -1.04. The van der Waals surface area contributed by atoms with Crippen molar-refractivity contribution in [3.8, 4) is 0 Å². The van der Waals surface area contributed by atoms with Gasteiger partial charge in [0.25, 0.3) is 0 Å². The van der Waals surface area contributed by atoms with Gasteiger partial charge in [0.05, 0.1) is 5.52 Å². The topological polar surface area (TPSA) is 82.5 Å². The number of nitrogens with one attached hydrogen (secondary N) is 1. The number of para-hydroxylation sites is 1. The van der Waals surface area contributed by atoms with Crippen molar-refractivity contribution in [2.24, 2.45) is 5.92 Å². The second-order valence-electron chi connectivity index (χ2n) is 4.88. The van der Waals surface area contributed by atoms with Gasteiger partial charge in [0.1, 0.15) is 0 Å². The molecule has 2 rings (SSSR count). The highest BCUT2D eigenvalue weighted by molar-refractivity contribution is 5.97. The van der Waals surface area contributed by atoms with Crippen LogP contribution in [0.2, 0.25) is 0 Å². The van der Waals surface area contributed by atoms with E-state index in [1.54, 1.807) is 12.1 Å². The highest BCUT2D eigenvalue weighted by atomic mass is 16.4. The predicted octanol–water partition coefficient (Wildman–Crippen LogP) is 2.36. The third kappa shape index (κ3) is 3.24. The van der Waals surface area contributed by atoms with E-state index in [1.165, 1.54) is 0 Å². The summed E-state index contributed by atoms with van der Waals surface area (Å²) < 4.78 is 0. The van der Waals surface area contributed by atoms with Crippen LogP contribution in [0.1, 0.15) is 23.8 Å². The van der Waals surface area contributed by atoms with Gasteiger partial charge in [-0.3, -0.25) is 0 Å². The molecule has 0 saturated carbocycles. The van der Waals surface area contributed by atoms with Gasteiger partial charge in [0.15, 0.2) is 5.69 Å². The minimum absolute atomic E-state index is 0.0287. The number of hydrogen-bond acceptors (Lipinski definition) is 4. The number of hydrogen-bond donors (Lipinski definition) is 3. The quantitative estimate of drug-likeness (QED) is 0.753. The molecule has 0 fully saturated rings. The summed E-state index contributed by atoms with van der Waals surface area (Å²) in [7, 11) is 0. The Labute approximate surface area is 117 Å². The van der Waals surface area contributed by atoms with Crippen LogP contribution in [0.3, 0.4) is 0 Å². The lowest BCUT2D eigenvalue weighted by atomic mass is 10.1. The molecule has 3 N–H and O–H groups in total. The van der Waals surface area contributed by atoms with Gasteiger partial charge in [-0.1, -0.05) is 25.1 Å². The smallest absolute Gasteiger partial charge is 0.354 e. The molecule has 0 bridgehead atoms. The number of anilines is 1. The molecule has 0 aliphatic heterocycles. The molecule has 106 valence electrons. The van der Waals surface area contributed by atoms with Crippen molar-refractivity contribution < 1.29 is 15.0 Å². The van der Waals surface area contributed by atoms with E-state index < -0.39 is 5.97 Å². The highest BCUT2D eigenvalue weighted by Gasteiger charge is 2.11. The standard InChI is InChI=1S/C15H18N2O3/c1-10(6-7-18)9-16-13-8-14(15(19)20)17-12-5-3-2-4-11(12)13/h2-5,8,10,18H,6-7,9H2,1H3,(H,16,17)(H,19,20). The third-order valence-electron chi connectivity index (χ3n) is 3.20. The van der Waals surface area contributed by atoms with Gasteiger partial charge in [-0.2, -0.15) is 0 Å². The van der Waals surface area contributed by atoms with Crippen LogP contribution < -0.4 is 5.32 Å². The Kier molecular flexibility index (Phi) is 4.53. The molecule has 0 saturated heterocycles. The third-order valence-corrected chi connectivity index (χ3v) is 3.20. The Morgan fingerprint density at radius 3 is 2.85 bits per heavy atom. The van der Waals surface area contributed by atoms with Gasteiger partial charge < -0.3 is 15.5 Å². The Balaban J connectivity index is 2.32. The number of benzene rings is 1. The second kappa shape index (κ2) is 6.34. The Hall–Kier alpha value is -2.14. The minimum Gasteiger partial charge on any atom is -0.477 e. The Morgan fingerprint density at radius 1 is 1.40 bits per heavy atom. The van der Waals surface area contributed by atoms with Gasteiger partial charge in [0.2, 0.25) is 0 Å². The molecule has 0 amide bonds. The first-order chi connectivity index (χ1) is 9.61. The number of aromatic nitrogens is 1. The molecule has 2 aromatic rings. The average molecular weight is 274 g/mol. The Bertz CT molecular complexity index is 613. The fourth-order valence-electron chi connectivity index (χ4n) is 2.04. The summed E-state index contributed by atoms with van der Waals surface area (Å²) >= 11 is 0. The van der Waals surface area contributed by atoms with E-state index in [-0.39, 0.29) is 12.3 Å². The van der Waals surface area contributed by atoms with Crippen molar-refractivity contribution in [2.75, 3.05) is 18.5 Å². The van der Waals surface area contributed by atoms with Crippen LogP contribution >= 0.6 is 0 Å². The molecule has 0 aliphatic carbocycles. The van der Waals surface area contributed by atoms with Crippen molar-refractivity contribution in [3.05, 3.63) is 36.0 Å². The first-order valence-electron chi connectivity index (χ1n) is 6.59. The van der Waals surface area contributed by atoms with E-state index in [2.05, 4.69) is 10.3 Å². The van der Waals surface area contributed by atoms with Gasteiger partial charge in [-0.15, -0.1) is 0 Å². The second-order valence-corrected chi connectivity index (χ2v) is 4.88. The number of pyridine rings is 1. The number of fused-ring (bicyclic) bond motifs is 1. The summed E-state index contributed by atoms with van der Waals surface area (Å²) in [6.45, 7) is 2.86. The zero-order chi connectivity index (χ0) is 14.5. The maximum absolute atomic E-state index is 11.1. The summed E-state index contributed by atoms with van der Waals surface area (Å²) in [5, 5.41) is 22.2. The number of rotatable bonds is 6. The van der Waals surface area contributed by atoms with Crippen LogP contribution in [0.4, 0.5) is 5.69 Å². The lowest BCUT2D eigenvalue weighted by Gasteiger charge is -2.14. The van der Waals surface area contributed by atoms with Crippen molar-refractivity contribution >= 4 is 22.6 Å². The number of carboxylic acid groups (broad SMARTS) is 1. The lowest BCUT2D eigenvalue weighted by molar-refractivity contribution is 0.0691. The zero-order valence-electron chi connectivity index (χ0n) is 11.3. The fourth-order valence-corrected chi connectivity index (χ4v) is 2.04. The number of carboxylic acids is 1. The molecule has 1 heterocycles. The molecule has 5 nitrogen and oxygen atoms in total. The van der Waals surface area contributed by atoms with Gasteiger partial charge in [-0.25, -0.2) is 9.78 Å². The molecule has 0 radical (unpaired) electrons. The number of aliphatic hydroxyl groups is 1. The summed E-state index contributed by atoms with van der Waals surface area (Å²) in [5.41, 5.74) is 1.45. The van der Waals surface area contributed by atoms with E-state index in [1.807, 2.05) is 25.1 Å². The molecule has 5 heteroatoms. The van der Waals surface area contributed by atoms with Crippen molar-refractivity contribution in [2.45, 2.75) is 13.3 Å². The van der Waals surface area contributed by atoms with Crippen LogP contribution in [0, 0.1) is 5.92 Å². The van der Waals surface area contributed by atoms with E-state index in [9.17, 15) is 4.79 Å². The molecule has 1 aromatic carbocycles. The molecule has 0 aliphatic rings. The average Bonchev–Trinajstić information content (AvgIpc) is 2.44. The van der Waals surface area contributed by atoms with Crippen molar-refractivity contribution in [3.63, 3.8) is 0 Å². The molecule has 1 atom stereocenters. The molecule has 20 heavy (non-hydrogen) atoms. The highest BCUT2D eigenvalue weighted by Crippen LogP contribution is 2.23. The predicted molar refractivity (Wildman–Crippen MR) is 78.1 cm³/mol. The van der Waals surface area contributed by atoms with Gasteiger partial charge in [-0.05, 0) is 24.5 Å². The van der Waals surface area contributed by atoms with Crippen LogP contribution in [0.15, 0.2) is 30.3 Å². The van der Waals surface area contributed by atoms with E-state index in [4.69, 9.17) is 10.2 Å². The molecular formula is C15H18N2O3. The van der Waals surface area contributed by atoms with E-state index >= 15 is 0 Å². The fraction of sp³-hybridized carbons (Fsp3) is 0.333. The summed E-state index contributed by atoms with van der Waals surface area (Å²) in [5.74, 6) is -0.734.